The fraction of sp³-hybridized carbons (Fsp3) is 0.889. The lowest BCUT2D eigenvalue weighted by Gasteiger charge is -2.36. The van der Waals surface area contributed by atoms with Crippen LogP contribution in [-0.2, 0) is 14.3 Å². The summed E-state index contributed by atoms with van der Waals surface area (Å²) in [6.45, 7) is 4.48. The van der Waals surface area contributed by atoms with Gasteiger partial charge in [0.15, 0.2) is 5.67 Å². The summed E-state index contributed by atoms with van der Waals surface area (Å²) in [5, 5.41) is 0. The quantitative estimate of drug-likeness (QED) is 0.748. The van der Waals surface area contributed by atoms with Crippen molar-refractivity contribution in [1.29, 1.82) is 0 Å². The number of likely N-dealkylation sites (N-methyl/N-ethyl adjacent to an activating group) is 1. The predicted octanol–water partition coefficient (Wildman–Crippen LogP) is 0.659. The van der Waals surface area contributed by atoms with E-state index in [0.29, 0.717) is 32.4 Å². The number of likely N-dealkylation sites (tertiary alicyclic amines) is 1. The summed E-state index contributed by atoms with van der Waals surface area (Å²) in [5.41, 5.74) is -1.62. The van der Waals surface area contributed by atoms with Crippen molar-refractivity contribution < 1.29 is 18.7 Å². The van der Waals surface area contributed by atoms with Gasteiger partial charge in [-0.1, -0.05) is 0 Å². The SMILES string of the molecule is CN1CCN(C(=O)C[C@@H]2C[C@H]3CN(C(=O)C4(F)CCC4)C[C@H]3O2)CC1. The molecule has 2 amide bonds. The number of fused-ring (bicyclic) bond motifs is 1. The molecule has 4 fully saturated rings. The molecule has 0 bridgehead atoms. The standard InChI is InChI=1S/C18H28FN3O3/c1-20-5-7-21(8-6-20)16(23)10-14-9-13-11-22(12-15(13)25-14)17(24)18(19)3-2-4-18/h13-15H,2-12H2,1H3/t13-,14-,15+/m0/s1. The van der Waals surface area contributed by atoms with E-state index in [4.69, 9.17) is 4.74 Å². The Kier molecular flexibility index (Phi) is 4.48. The van der Waals surface area contributed by atoms with Crippen LogP contribution in [0.5, 0.6) is 0 Å². The summed E-state index contributed by atoms with van der Waals surface area (Å²) in [6.07, 6.45) is 2.67. The van der Waals surface area contributed by atoms with Gasteiger partial charge in [-0.25, -0.2) is 4.39 Å². The molecule has 3 atom stereocenters. The van der Waals surface area contributed by atoms with Crippen LogP contribution in [0.4, 0.5) is 4.39 Å². The number of alkyl halides is 1. The Morgan fingerprint density at radius 1 is 1.12 bits per heavy atom. The molecule has 0 aromatic carbocycles. The molecule has 4 aliphatic rings. The number of piperazine rings is 1. The van der Waals surface area contributed by atoms with E-state index in [1.165, 1.54) is 0 Å². The van der Waals surface area contributed by atoms with Crippen molar-refractivity contribution in [3.05, 3.63) is 0 Å². The van der Waals surface area contributed by atoms with E-state index >= 15 is 0 Å². The molecule has 0 radical (unpaired) electrons. The Bertz CT molecular complexity index is 532. The van der Waals surface area contributed by atoms with Crippen LogP contribution in [-0.4, -0.2) is 90.7 Å². The van der Waals surface area contributed by atoms with Crippen molar-refractivity contribution in [2.75, 3.05) is 46.3 Å². The molecule has 25 heavy (non-hydrogen) atoms. The summed E-state index contributed by atoms with van der Waals surface area (Å²) in [4.78, 5) is 30.5. The highest BCUT2D eigenvalue weighted by Gasteiger charge is 2.51. The van der Waals surface area contributed by atoms with Crippen LogP contribution < -0.4 is 0 Å². The Morgan fingerprint density at radius 2 is 1.84 bits per heavy atom. The van der Waals surface area contributed by atoms with Crippen molar-refractivity contribution in [2.24, 2.45) is 5.92 Å². The molecule has 3 saturated heterocycles. The van der Waals surface area contributed by atoms with Gasteiger partial charge in [-0.2, -0.15) is 0 Å². The van der Waals surface area contributed by atoms with Gasteiger partial charge in [-0.3, -0.25) is 9.59 Å². The molecule has 4 rings (SSSR count). The Morgan fingerprint density at radius 3 is 2.44 bits per heavy atom. The molecule has 0 spiro atoms. The normalized spacial score (nSPS) is 34.7. The molecular weight excluding hydrogens is 325 g/mol. The number of hydrogen-bond acceptors (Lipinski definition) is 4. The van der Waals surface area contributed by atoms with E-state index in [1.54, 1.807) is 4.90 Å². The molecule has 0 unspecified atom stereocenters. The first-order chi connectivity index (χ1) is 11.9. The third kappa shape index (κ3) is 3.28. The number of amides is 2. The fourth-order valence-electron chi connectivity index (χ4n) is 4.52. The molecule has 3 aliphatic heterocycles. The molecule has 0 aromatic heterocycles. The van der Waals surface area contributed by atoms with Gasteiger partial charge in [0, 0.05) is 45.2 Å². The minimum absolute atomic E-state index is 0.0297. The molecule has 0 N–H and O–H groups in total. The molecule has 1 saturated carbocycles. The number of carbonyl (C=O) groups is 2. The third-order valence-electron chi connectivity index (χ3n) is 6.39. The van der Waals surface area contributed by atoms with E-state index in [0.717, 1.165) is 39.0 Å². The van der Waals surface area contributed by atoms with Gasteiger partial charge >= 0.3 is 0 Å². The second-order valence-corrected chi connectivity index (χ2v) is 8.21. The molecule has 6 nitrogen and oxygen atoms in total. The summed E-state index contributed by atoms with van der Waals surface area (Å²) < 4.78 is 20.4. The molecule has 7 heteroatoms. The van der Waals surface area contributed by atoms with Crippen LogP contribution >= 0.6 is 0 Å². The van der Waals surface area contributed by atoms with Crippen LogP contribution in [0.1, 0.15) is 32.1 Å². The number of halogens is 1. The maximum atomic E-state index is 14.3. The lowest BCUT2D eigenvalue weighted by atomic mass is 9.81. The molecule has 3 heterocycles. The average molecular weight is 353 g/mol. The van der Waals surface area contributed by atoms with Crippen LogP contribution in [0.2, 0.25) is 0 Å². The minimum atomic E-state index is -1.62. The van der Waals surface area contributed by atoms with Crippen molar-refractivity contribution in [2.45, 2.75) is 50.0 Å². The smallest absolute Gasteiger partial charge is 0.260 e. The van der Waals surface area contributed by atoms with E-state index < -0.39 is 5.67 Å². The first-order valence-corrected chi connectivity index (χ1v) is 9.55. The van der Waals surface area contributed by atoms with Gasteiger partial charge in [-0.15, -0.1) is 0 Å². The summed E-state index contributed by atoms with van der Waals surface area (Å²) in [7, 11) is 2.07. The van der Waals surface area contributed by atoms with Gasteiger partial charge < -0.3 is 19.4 Å². The first kappa shape index (κ1) is 17.2. The number of carbonyl (C=O) groups excluding carboxylic acids is 2. The Balaban J connectivity index is 1.25. The van der Waals surface area contributed by atoms with Gasteiger partial charge in [0.25, 0.3) is 5.91 Å². The topological polar surface area (TPSA) is 53.1 Å². The molecule has 140 valence electrons. The van der Waals surface area contributed by atoms with Crippen LogP contribution in [0.3, 0.4) is 0 Å². The second kappa shape index (κ2) is 6.50. The van der Waals surface area contributed by atoms with Crippen LogP contribution in [0.25, 0.3) is 0 Å². The molecule has 0 aromatic rings. The maximum Gasteiger partial charge on any atom is 0.260 e. The highest BCUT2D eigenvalue weighted by Crippen LogP contribution is 2.41. The van der Waals surface area contributed by atoms with Crippen LogP contribution in [0, 0.1) is 5.92 Å². The maximum absolute atomic E-state index is 14.3. The molecule has 1 aliphatic carbocycles. The van der Waals surface area contributed by atoms with Crippen molar-refractivity contribution in [3.63, 3.8) is 0 Å². The minimum Gasteiger partial charge on any atom is -0.372 e. The predicted molar refractivity (Wildman–Crippen MR) is 89.7 cm³/mol. The lowest BCUT2D eigenvalue weighted by Crippen LogP contribution is -2.50. The third-order valence-corrected chi connectivity index (χ3v) is 6.39. The average Bonchev–Trinajstić information content (AvgIpc) is 3.10. The van der Waals surface area contributed by atoms with E-state index in [1.807, 2.05) is 4.90 Å². The van der Waals surface area contributed by atoms with Crippen LogP contribution in [0.15, 0.2) is 0 Å². The zero-order chi connectivity index (χ0) is 17.6. The first-order valence-electron chi connectivity index (χ1n) is 9.55. The summed E-state index contributed by atoms with van der Waals surface area (Å²) >= 11 is 0. The highest BCUT2D eigenvalue weighted by atomic mass is 19.1. The Hall–Kier alpha value is -1.21. The largest absolute Gasteiger partial charge is 0.372 e. The van der Waals surface area contributed by atoms with Gasteiger partial charge in [-0.05, 0) is 32.7 Å². The lowest BCUT2D eigenvalue weighted by molar-refractivity contribution is -0.150. The fourth-order valence-corrected chi connectivity index (χ4v) is 4.52. The second-order valence-electron chi connectivity index (χ2n) is 8.21. The zero-order valence-corrected chi connectivity index (χ0v) is 15.0. The van der Waals surface area contributed by atoms with E-state index in [9.17, 15) is 14.0 Å². The van der Waals surface area contributed by atoms with Gasteiger partial charge in [0.2, 0.25) is 5.91 Å². The van der Waals surface area contributed by atoms with Crippen molar-refractivity contribution in [1.82, 2.24) is 14.7 Å². The number of hydrogen-bond donors (Lipinski definition) is 0. The monoisotopic (exact) mass is 353 g/mol. The highest BCUT2D eigenvalue weighted by molar-refractivity contribution is 5.86. The van der Waals surface area contributed by atoms with Gasteiger partial charge in [0.1, 0.15) is 0 Å². The van der Waals surface area contributed by atoms with Gasteiger partial charge in [0.05, 0.1) is 18.6 Å². The van der Waals surface area contributed by atoms with E-state index in [-0.39, 0.29) is 29.9 Å². The van der Waals surface area contributed by atoms with Crippen molar-refractivity contribution >= 4 is 11.8 Å². The number of ether oxygens (including phenoxy) is 1. The summed E-state index contributed by atoms with van der Waals surface area (Å²) in [5.74, 6) is 0.0721. The van der Waals surface area contributed by atoms with Crippen molar-refractivity contribution in [3.8, 4) is 0 Å². The summed E-state index contributed by atoms with van der Waals surface area (Å²) in [6, 6.07) is 0. The van der Waals surface area contributed by atoms with E-state index in [2.05, 4.69) is 11.9 Å². The Labute approximate surface area is 148 Å². The zero-order valence-electron chi connectivity index (χ0n) is 15.0. The molecular formula is C18H28FN3O3. The number of rotatable bonds is 3. The number of nitrogens with zero attached hydrogens (tertiary/aromatic N) is 3.